The van der Waals surface area contributed by atoms with Gasteiger partial charge >= 0.3 is 5.76 Å². The number of fused-ring (bicyclic) bond motifs is 1. The summed E-state index contributed by atoms with van der Waals surface area (Å²) in [6.07, 6.45) is 2.12. The van der Waals surface area contributed by atoms with Gasteiger partial charge in [-0.1, -0.05) is 19.1 Å². The highest BCUT2D eigenvalue weighted by molar-refractivity contribution is 5.72. The van der Waals surface area contributed by atoms with Crippen molar-refractivity contribution in [1.82, 2.24) is 14.4 Å². The summed E-state index contributed by atoms with van der Waals surface area (Å²) in [6.45, 7) is 9.06. The maximum Gasteiger partial charge on any atom is 0.419 e. The van der Waals surface area contributed by atoms with Crippen LogP contribution >= 0.6 is 0 Å². The van der Waals surface area contributed by atoms with Crippen molar-refractivity contribution in [3.8, 4) is 0 Å². The molecule has 138 valence electrons. The first-order chi connectivity index (χ1) is 12.2. The Morgan fingerprint density at radius 1 is 1.20 bits per heavy atom. The molecule has 1 fully saturated rings. The third kappa shape index (κ3) is 4.32. The zero-order chi connectivity index (χ0) is 17.6. The number of benzene rings is 1. The van der Waals surface area contributed by atoms with E-state index in [0.29, 0.717) is 18.2 Å². The minimum atomic E-state index is -0.253. The molecular weight excluding hydrogens is 318 g/mol. The van der Waals surface area contributed by atoms with Crippen molar-refractivity contribution < 1.29 is 9.15 Å². The van der Waals surface area contributed by atoms with Gasteiger partial charge in [0, 0.05) is 45.9 Å². The van der Waals surface area contributed by atoms with Crippen LogP contribution in [0.1, 0.15) is 19.8 Å². The molecule has 1 aliphatic rings. The minimum absolute atomic E-state index is 0.253. The summed E-state index contributed by atoms with van der Waals surface area (Å²) < 4.78 is 12.3. The molecule has 0 spiro atoms. The molecule has 2 heterocycles. The lowest BCUT2D eigenvalue weighted by molar-refractivity contribution is 0.0489. The fraction of sp³-hybridized carbons (Fsp3) is 0.632. The molecule has 0 N–H and O–H groups in total. The van der Waals surface area contributed by atoms with Crippen LogP contribution in [0.3, 0.4) is 0 Å². The highest BCUT2D eigenvalue weighted by Crippen LogP contribution is 2.15. The monoisotopic (exact) mass is 347 g/mol. The molecule has 1 atom stereocenters. The second kappa shape index (κ2) is 8.65. The molecule has 6 heteroatoms. The van der Waals surface area contributed by atoms with E-state index in [4.69, 9.17) is 9.15 Å². The molecule has 1 saturated heterocycles. The van der Waals surface area contributed by atoms with E-state index >= 15 is 0 Å². The van der Waals surface area contributed by atoms with Crippen molar-refractivity contribution in [3.05, 3.63) is 34.8 Å². The summed E-state index contributed by atoms with van der Waals surface area (Å²) in [6, 6.07) is 8.23. The number of hydrogen-bond acceptors (Lipinski definition) is 5. The first-order valence-electron chi connectivity index (χ1n) is 9.26. The number of aryl methyl sites for hydroxylation is 1. The molecule has 1 aromatic carbocycles. The molecule has 0 radical (unpaired) electrons. The van der Waals surface area contributed by atoms with Gasteiger partial charge in [-0.3, -0.25) is 9.47 Å². The van der Waals surface area contributed by atoms with Crippen LogP contribution < -0.4 is 5.76 Å². The van der Waals surface area contributed by atoms with Gasteiger partial charge in [0.15, 0.2) is 5.58 Å². The lowest BCUT2D eigenvalue weighted by atomic mass is 10.1. The first-order valence-corrected chi connectivity index (χ1v) is 9.26. The number of ether oxygens (including phenoxy) is 1. The summed E-state index contributed by atoms with van der Waals surface area (Å²) in [5.74, 6) is -0.253. The Bertz CT molecular complexity index is 724. The fourth-order valence-corrected chi connectivity index (χ4v) is 3.73. The topological polar surface area (TPSA) is 50.9 Å². The van der Waals surface area contributed by atoms with E-state index in [9.17, 15) is 4.79 Å². The molecule has 1 aromatic heterocycles. The van der Waals surface area contributed by atoms with Gasteiger partial charge in [-0.15, -0.1) is 0 Å². The Kier molecular flexibility index (Phi) is 6.29. The molecule has 6 nitrogen and oxygen atoms in total. The third-order valence-corrected chi connectivity index (χ3v) is 5.17. The number of methoxy groups -OCH3 is 1. The van der Waals surface area contributed by atoms with E-state index in [-0.39, 0.29) is 5.76 Å². The van der Waals surface area contributed by atoms with Crippen molar-refractivity contribution in [2.75, 3.05) is 46.4 Å². The van der Waals surface area contributed by atoms with Crippen LogP contribution in [0.2, 0.25) is 0 Å². The quantitative estimate of drug-likeness (QED) is 0.731. The Morgan fingerprint density at radius 2 is 2.04 bits per heavy atom. The van der Waals surface area contributed by atoms with E-state index in [1.54, 1.807) is 11.7 Å². The van der Waals surface area contributed by atoms with Crippen molar-refractivity contribution in [1.29, 1.82) is 0 Å². The smallest absolute Gasteiger partial charge is 0.408 e. The maximum atomic E-state index is 12.0. The SMILES string of the molecule is CC[C@H]1CN(CCCn2c(=O)oc3ccccc32)CCN1CCOC. The van der Waals surface area contributed by atoms with Crippen LogP contribution in [0.5, 0.6) is 0 Å². The predicted octanol–water partition coefficient (Wildman–Crippen LogP) is 2.03. The molecule has 0 aliphatic carbocycles. The van der Waals surface area contributed by atoms with Crippen LogP contribution in [0.4, 0.5) is 0 Å². The normalized spacial score (nSPS) is 19.7. The largest absolute Gasteiger partial charge is 0.419 e. The fourth-order valence-electron chi connectivity index (χ4n) is 3.73. The van der Waals surface area contributed by atoms with E-state index in [1.165, 1.54) is 0 Å². The van der Waals surface area contributed by atoms with Gasteiger partial charge in [-0.25, -0.2) is 4.79 Å². The average molecular weight is 347 g/mol. The molecule has 0 bridgehead atoms. The van der Waals surface area contributed by atoms with E-state index in [0.717, 1.165) is 57.7 Å². The van der Waals surface area contributed by atoms with E-state index < -0.39 is 0 Å². The molecule has 2 aromatic rings. The predicted molar refractivity (Wildman–Crippen MR) is 99.1 cm³/mol. The van der Waals surface area contributed by atoms with Crippen molar-refractivity contribution in [3.63, 3.8) is 0 Å². The number of hydrogen-bond donors (Lipinski definition) is 0. The number of para-hydroxylation sites is 2. The molecule has 0 saturated carbocycles. The summed E-state index contributed by atoms with van der Waals surface area (Å²) >= 11 is 0. The Labute approximate surface area is 149 Å². The zero-order valence-corrected chi connectivity index (χ0v) is 15.3. The molecule has 25 heavy (non-hydrogen) atoms. The summed E-state index contributed by atoms with van der Waals surface area (Å²) in [5.41, 5.74) is 1.56. The summed E-state index contributed by atoms with van der Waals surface area (Å²) in [7, 11) is 1.76. The van der Waals surface area contributed by atoms with Gasteiger partial charge in [-0.05, 0) is 31.5 Å². The maximum absolute atomic E-state index is 12.0. The van der Waals surface area contributed by atoms with Crippen molar-refractivity contribution >= 4 is 11.1 Å². The van der Waals surface area contributed by atoms with Gasteiger partial charge < -0.3 is 14.1 Å². The zero-order valence-electron chi connectivity index (χ0n) is 15.3. The van der Waals surface area contributed by atoms with E-state index in [1.807, 2.05) is 24.3 Å². The average Bonchev–Trinajstić information content (AvgIpc) is 2.96. The number of aromatic nitrogens is 1. The molecular formula is C19H29N3O3. The Hall–Kier alpha value is -1.63. The van der Waals surface area contributed by atoms with Gasteiger partial charge in [0.1, 0.15) is 0 Å². The lowest BCUT2D eigenvalue weighted by Gasteiger charge is -2.41. The van der Waals surface area contributed by atoms with Crippen LogP contribution in [0.15, 0.2) is 33.5 Å². The van der Waals surface area contributed by atoms with Crippen molar-refractivity contribution in [2.45, 2.75) is 32.4 Å². The summed E-state index contributed by atoms with van der Waals surface area (Å²) in [5, 5.41) is 0. The molecule has 0 amide bonds. The van der Waals surface area contributed by atoms with Gasteiger partial charge in [0.25, 0.3) is 0 Å². The number of oxazole rings is 1. The highest BCUT2D eigenvalue weighted by Gasteiger charge is 2.25. The van der Waals surface area contributed by atoms with Gasteiger partial charge in [0.05, 0.1) is 12.1 Å². The molecule has 0 unspecified atom stereocenters. The number of piperazine rings is 1. The standard InChI is InChI=1S/C19H29N3O3/c1-3-16-15-20(11-12-21(16)13-14-24-2)9-6-10-22-17-7-4-5-8-18(17)25-19(22)23/h4-5,7-8,16H,3,6,9-15H2,1-2H3/t16-/m0/s1. The second-order valence-corrected chi connectivity index (χ2v) is 6.73. The van der Waals surface area contributed by atoms with Gasteiger partial charge in [-0.2, -0.15) is 0 Å². The van der Waals surface area contributed by atoms with Gasteiger partial charge in [0.2, 0.25) is 0 Å². The lowest BCUT2D eigenvalue weighted by Crippen LogP contribution is -2.53. The van der Waals surface area contributed by atoms with Crippen LogP contribution in [0, 0.1) is 0 Å². The Balaban J connectivity index is 1.52. The highest BCUT2D eigenvalue weighted by atomic mass is 16.5. The minimum Gasteiger partial charge on any atom is -0.408 e. The summed E-state index contributed by atoms with van der Waals surface area (Å²) in [4.78, 5) is 17.1. The number of rotatable bonds is 8. The molecule has 1 aliphatic heterocycles. The van der Waals surface area contributed by atoms with Crippen molar-refractivity contribution in [2.24, 2.45) is 0 Å². The first kappa shape index (κ1) is 18.2. The third-order valence-electron chi connectivity index (χ3n) is 5.17. The van der Waals surface area contributed by atoms with Crippen LogP contribution in [-0.2, 0) is 11.3 Å². The van der Waals surface area contributed by atoms with Crippen LogP contribution in [0.25, 0.3) is 11.1 Å². The van der Waals surface area contributed by atoms with E-state index in [2.05, 4.69) is 16.7 Å². The molecule has 3 rings (SSSR count). The second-order valence-electron chi connectivity index (χ2n) is 6.73. The van der Waals surface area contributed by atoms with Crippen LogP contribution in [-0.4, -0.2) is 66.8 Å². The number of nitrogens with zero attached hydrogens (tertiary/aromatic N) is 3. The Morgan fingerprint density at radius 3 is 2.84 bits per heavy atom.